The minimum absolute atomic E-state index is 0.127. The Morgan fingerprint density at radius 2 is 1.70 bits per heavy atom. The van der Waals surface area contributed by atoms with Gasteiger partial charge in [-0.25, -0.2) is 0 Å². The summed E-state index contributed by atoms with van der Waals surface area (Å²) in [6, 6.07) is 1.54. The van der Waals surface area contributed by atoms with E-state index < -0.39 is 0 Å². The molecule has 2 atom stereocenters. The number of rotatable bonds is 3. The second-order valence-electron chi connectivity index (χ2n) is 8.46. The Morgan fingerprint density at radius 1 is 1.05 bits per heavy atom. The average Bonchev–Trinajstić information content (AvgIpc) is 2.42. The normalized spacial score (nSPS) is 54.3. The van der Waals surface area contributed by atoms with Crippen LogP contribution in [0.2, 0.25) is 0 Å². The van der Waals surface area contributed by atoms with E-state index in [1.54, 1.807) is 6.42 Å². The zero-order valence-corrected chi connectivity index (χ0v) is 13.2. The first-order valence-corrected chi connectivity index (χ1v) is 9.05. The molecule has 2 heteroatoms. The molecule has 1 heterocycles. The molecule has 0 aromatic heterocycles. The molecule has 4 bridgehead atoms. The van der Waals surface area contributed by atoms with E-state index in [4.69, 9.17) is 4.74 Å². The van der Waals surface area contributed by atoms with Crippen LogP contribution in [0, 0.1) is 23.7 Å². The lowest BCUT2D eigenvalue weighted by molar-refractivity contribution is -0.0875. The fourth-order valence-electron chi connectivity index (χ4n) is 5.99. The molecule has 5 aliphatic rings. The van der Waals surface area contributed by atoms with Crippen molar-refractivity contribution >= 4 is 0 Å². The number of hydrogen-bond donors (Lipinski definition) is 1. The quantitative estimate of drug-likeness (QED) is 0.848. The summed E-state index contributed by atoms with van der Waals surface area (Å²) < 4.78 is 6.01. The smallest absolute Gasteiger partial charge is 0.0666 e. The van der Waals surface area contributed by atoms with Crippen LogP contribution >= 0.6 is 0 Å². The molecule has 0 spiro atoms. The maximum absolute atomic E-state index is 6.01. The molecule has 0 amide bonds. The lowest BCUT2D eigenvalue weighted by Gasteiger charge is -2.55. The highest BCUT2D eigenvalue weighted by atomic mass is 16.5. The van der Waals surface area contributed by atoms with Gasteiger partial charge in [-0.05, 0) is 82.0 Å². The largest absolute Gasteiger partial charge is 0.375 e. The van der Waals surface area contributed by atoms with Crippen molar-refractivity contribution in [1.29, 1.82) is 0 Å². The van der Waals surface area contributed by atoms with Gasteiger partial charge in [0.1, 0.15) is 0 Å². The van der Waals surface area contributed by atoms with Crippen molar-refractivity contribution in [3.05, 3.63) is 0 Å². The third kappa shape index (κ3) is 2.33. The van der Waals surface area contributed by atoms with Crippen LogP contribution in [0.3, 0.4) is 0 Å². The molecule has 1 aliphatic heterocycles. The van der Waals surface area contributed by atoms with Crippen LogP contribution in [0.4, 0.5) is 0 Å². The summed E-state index contributed by atoms with van der Waals surface area (Å²) in [5, 5.41) is 4.11. The number of ether oxygens (including phenoxy) is 1. The molecular formula is C18H31NO. The second-order valence-corrected chi connectivity index (χ2v) is 8.46. The maximum Gasteiger partial charge on any atom is 0.0666 e. The molecule has 2 nitrogen and oxygen atoms in total. The van der Waals surface area contributed by atoms with Gasteiger partial charge >= 0.3 is 0 Å². The summed E-state index contributed by atoms with van der Waals surface area (Å²) in [5.41, 5.74) is 0.127. The van der Waals surface area contributed by atoms with Gasteiger partial charge in [-0.3, -0.25) is 0 Å². The third-order valence-electron chi connectivity index (χ3n) is 7.00. The van der Waals surface area contributed by atoms with Crippen molar-refractivity contribution in [2.75, 3.05) is 6.61 Å². The van der Waals surface area contributed by atoms with E-state index in [1.165, 1.54) is 38.5 Å². The van der Waals surface area contributed by atoms with Crippen LogP contribution in [0.25, 0.3) is 0 Å². The zero-order chi connectivity index (χ0) is 13.7. The summed E-state index contributed by atoms with van der Waals surface area (Å²) in [6.45, 7) is 5.53. The Hall–Kier alpha value is -0.0800. The molecule has 20 heavy (non-hydrogen) atoms. The van der Waals surface area contributed by atoms with Crippen molar-refractivity contribution in [1.82, 2.24) is 5.32 Å². The van der Waals surface area contributed by atoms with Crippen LogP contribution in [0.15, 0.2) is 0 Å². The Labute approximate surface area is 124 Å². The molecule has 1 saturated heterocycles. The summed E-state index contributed by atoms with van der Waals surface area (Å²) in [5.74, 6) is 4.18. The fourth-order valence-corrected chi connectivity index (χ4v) is 5.99. The number of nitrogens with one attached hydrogen (secondary N) is 1. The third-order valence-corrected chi connectivity index (χ3v) is 7.00. The molecule has 0 aromatic carbocycles. The molecule has 5 rings (SSSR count). The van der Waals surface area contributed by atoms with Gasteiger partial charge in [0, 0.05) is 18.7 Å². The Bertz CT molecular complexity index is 340. The highest BCUT2D eigenvalue weighted by molar-refractivity contribution is 5.02. The minimum Gasteiger partial charge on any atom is -0.375 e. The van der Waals surface area contributed by atoms with E-state index in [1.807, 2.05) is 0 Å². The fraction of sp³-hybridized carbons (Fsp3) is 1.00. The van der Waals surface area contributed by atoms with Crippen molar-refractivity contribution in [2.45, 2.75) is 82.9 Å². The molecule has 0 radical (unpaired) electrons. The van der Waals surface area contributed by atoms with Crippen LogP contribution < -0.4 is 5.32 Å². The predicted octanol–water partition coefficient (Wildman–Crippen LogP) is 3.75. The van der Waals surface area contributed by atoms with Gasteiger partial charge in [-0.2, -0.15) is 0 Å². The molecule has 4 aliphatic carbocycles. The topological polar surface area (TPSA) is 21.3 Å². The maximum atomic E-state index is 6.01. The van der Waals surface area contributed by atoms with Gasteiger partial charge in [0.05, 0.1) is 5.60 Å². The SMILES string of the molecule is CCC1(C)CC(NC2C3CC4CC(C3)CC2C4)CCO1. The van der Waals surface area contributed by atoms with Crippen molar-refractivity contribution in [3.8, 4) is 0 Å². The van der Waals surface area contributed by atoms with E-state index in [-0.39, 0.29) is 5.60 Å². The van der Waals surface area contributed by atoms with Crippen molar-refractivity contribution < 1.29 is 4.74 Å². The Morgan fingerprint density at radius 3 is 2.30 bits per heavy atom. The van der Waals surface area contributed by atoms with E-state index in [9.17, 15) is 0 Å². The monoisotopic (exact) mass is 277 g/mol. The van der Waals surface area contributed by atoms with E-state index in [0.717, 1.165) is 42.7 Å². The number of hydrogen-bond acceptors (Lipinski definition) is 2. The first-order chi connectivity index (χ1) is 9.65. The van der Waals surface area contributed by atoms with Gasteiger partial charge in [0.15, 0.2) is 0 Å². The minimum atomic E-state index is 0.127. The van der Waals surface area contributed by atoms with Crippen LogP contribution in [0.1, 0.15) is 65.2 Å². The van der Waals surface area contributed by atoms with Crippen LogP contribution in [-0.4, -0.2) is 24.3 Å². The van der Waals surface area contributed by atoms with Gasteiger partial charge in [0.2, 0.25) is 0 Å². The molecule has 0 aromatic rings. The summed E-state index contributed by atoms with van der Waals surface area (Å²) >= 11 is 0. The Kier molecular flexibility index (Phi) is 3.38. The van der Waals surface area contributed by atoms with E-state index in [2.05, 4.69) is 19.2 Å². The molecule has 114 valence electrons. The summed E-state index contributed by atoms with van der Waals surface area (Å²) in [7, 11) is 0. The van der Waals surface area contributed by atoms with Crippen LogP contribution in [0.5, 0.6) is 0 Å². The van der Waals surface area contributed by atoms with Crippen molar-refractivity contribution in [3.63, 3.8) is 0 Å². The lowest BCUT2D eigenvalue weighted by Crippen LogP contribution is -2.58. The zero-order valence-electron chi connectivity index (χ0n) is 13.2. The van der Waals surface area contributed by atoms with Gasteiger partial charge < -0.3 is 10.1 Å². The lowest BCUT2D eigenvalue weighted by atomic mass is 9.54. The van der Waals surface area contributed by atoms with Gasteiger partial charge in [0.25, 0.3) is 0 Å². The van der Waals surface area contributed by atoms with Gasteiger partial charge in [-0.1, -0.05) is 6.92 Å². The van der Waals surface area contributed by atoms with Gasteiger partial charge in [-0.15, -0.1) is 0 Å². The van der Waals surface area contributed by atoms with E-state index >= 15 is 0 Å². The molecule has 4 saturated carbocycles. The van der Waals surface area contributed by atoms with Crippen LogP contribution in [-0.2, 0) is 4.74 Å². The molecule has 5 fully saturated rings. The first kappa shape index (κ1) is 13.6. The summed E-state index contributed by atoms with van der Waals surface area (Å²) in [4.78, 5) is 0. The second kappa shape index (κ2) is 4.98. The summed E-state index contributed by atoms with van der Waals surface area (Å²) in [6.07, 6.45) is 11.2. The molecule has 1 N–H and O–H groups in total. The average molecular weight is 277 g/mol. The van der Waals surface area contributed by atoms with E-state index in [0.29, 0.717) is 6.04 Å². The highest BCUT2D eigenvalue weighted by Gasteiger charge is 2.48. The standard InChI is InChI=1S/C18H31NO/c1-3-18(2)11-16(4-5-20-18)19-17-14-7-12-6-13(9-14)10-15(17)8-12/h12-17,19H,3-11H2,1-2H3. The molecule has 2 unspecified atom stereocenters. The Balaban J connectivity index is 1.42. The molecular weight excluding hydrogens is 246 g/mol. The predicted molar refractivity (Wildman–Crippen MR) is 81.6 cm³/mol. The van der Waals surface area contributed by atoms with Crippen molar-refractivity contribution in [2.24, 2.45) is 23.7 Å². The highest BCUT2D eigenvalue weighted by Crippen LogP contribution is 2.54. The first-order valence-electron chi connectivity index (χ1n) is 9.05.